The summed E-state index contributed by atoms with van der Waals surface area (Å²) in [6, 6.07) is 9.66. The molecule has 0 saturated carbocycles. The van der Waals surface area contributed by atoms with E-state index in [1.54, 1.807) is 4.90 Å². The van der Waals surface area contributed by atoms with Crippen molar-refractivity contribution < 1.29 is 19.5 Å². The summed E-state index contributed by atoms with van der Waals surface area (Å²) in [6.45, 7) is 2.51. The predicted octanol–water partition coefficient (Wildman–Crippen LogP) is 1.62. The lowest BCUT2D eigenvalue weighted by Crippen LogP contribution is -2.41. The molecule has 0 spiro atoms. The monoisotopic (exact) mass is 339 g/mol. The molecule has 128 valence electrons. The third kappa shape index (κ3) is 3.50. The van der Waals surface area contributed by atoms with E-state index in [0.717, 1.165) is 11.3 Å². The lowest BCUT2D eigenvalue weighted by molar-refractivity contribution is -0.118. The number of carbonyl (C=O) groups is 3. The second kappa shape index (κ2) is 6.72. The second-order valence-electron chi connectivity index (χ2n) is 5.88. The van der Waals surface area contributed by atoms with Crippen molar-refractivity contribution in [1.29, 1.82) is 0 Å². The Kier molecular flexibility index (Phi) is 4.47. The molecule has 0 aliphatic carbocycles. The van der Waals surface area contributed by atoms with Gasteiger partial charge in [0, 0.05) is 18.4 Å². The summed E-state index contributed by atoms with van der Waals surface area (Å²) in [5.41, 5.74) is 1.99. The number of hydrogen-bond donors (Lipinski definition) is 2. The molecule has 1 aliphatic rings. The number of aromatic nitrogens is 1. The van der Waals surface area contributed by atoms with Crippen LogP contribution in [0.3, 0.4) is 0 Å². The number of amides is 2. The molecular formula is C18H17N3O4. The number of aryl methyl sites for hydroxylation is 1. The number of carboxylic acid groups (broad SMARTS) is 1. The molecular weight excluding hydrogens is 322 g/mol. The highest BCUT2D eigenvalue weighted by atomic mass is 16.4. The SMILES string of the molecule is Cc1ccc(N2CC[C@@H](NC(=O)c3ccc(C(=O)O)nc3)C2=O)cc1. The first-order valence-corrected chi connectivity index (χ1v) is 7.84. The van der Waals surface area contributed by atoms with Crippen LogP contribution in [0.15, 0.2) is 42.6 Å². The van der Waals surface area contributed by atoms with Crippen LogP contribution in [-0.2, 0) is 4.79 Å². The Bertz CT molecular complexity index is 815. The van der Waals surface area contributed by atoms with E-state index in [2.05, 4.69) is 10.3 Å². The summed E-state index contributed by atoms with van der Waals surface area (Å²) in [6.07, 6.45) is 1.70. The van der Waals surface area contributed by atoms with Crippen molar-refractivity contribution in [3.63, 3.8) is 0 Å². The van der Waals surface area contributed by atoms with E-state index in [1.807, 2.05) is 31.2 Å². The van der Waals surface area contributed by atoms with Gasteiger partial charge in [-0.25, -0.2) is 9.78 Å². The summed E-state index contributed by atoms with van der Waals surface area (Å²) < 4.78 is 0. The maximum Gasteiger partial charge on any atom is 0.354 e. The Labute approximate surface area is 144 Å². The first-order chi connectivity index (χ1) is 12.0. The van der Waals surface area contributed by atoms with Crippen LogP contribution in [0, 0.1) is 6.92 Å². The number of nitrogens with zero attached hydrogens (tertiary/aromatic N) is 2. The van der Waals surface area contributed by atoms with Crippen LogP contribution in [0.4, 0.5) is 5.69 Å². The molecule has 2 heterocycles. The molecule has 1 fully saturated rings. The summed E-state index contributed by atoms with van der Waals surface area (Å²) in [7, 11) is 0. The minimum atomic E-state index is -1.16. The number of anilines is 1. The minimum Gasteiger partial charge on any atom is -0.477 e. The van der Waals surface area contributed by atoms with Crippen LogP contribution in [0.1, 0.15) is 32.8 Å². The number of benzene rings is 1. The normalized spacial score (nSPS) is 16.8. The van der Waals surface area contributed by atoms with Gasteiger partial charge in [0.25, 0.3) is 5.91 Å². The number of hydrogen-bond acceptors (Lipinski definition) is 4. The summed E-state index contributed by atoms with van der Waals surface area (Å²) >= 11 is 0. The maximum absolute atomic E-state index is 12.5. The van der Waals surface area contributed by atoms with Crippen LogP contribution in [0.25, 0.3) is 0 Å². The van der Waals surface area contributed by atoms with Gasteiger partial charge in [-0.05, 0) is 37.6 Å². The fraction of sp³-hybridized carbons (Fsp3) is 0.222. The topological polar surface area (TPSA) is 99.6 Å². The largest absolute Gasteiger partial charge is 0.477 e. The highest BCUT2D eigenvalue weighted by Gasteiger charge is 2.33. The molecule has 1 saturated heterocycles. The van der Waals surface area contributed by atoms with Crippen molar-refractivity contribution in [2.45, 2.75) is 19.4 Å². The van der Waals surface area contributed by atoms with Gasteiger partial charge in [-0.2, -0.15) is 0 Å². The van der Waals surface area contributed by atoms with E-state index in [1.165, 1.54) is 18.3 Å². The molecule has 0 unspecified atom stereocenters. The fourth-order valence-corrected chi connectivity index (χ4v) is 2.69. The van der Waals surface area contributed by atoms with E-state index in [-0.39, 0.29) is 17.2 Å². The van der Waals surface area contributed by atoms with Gasteiger partial charge in [0.2, 0.25) is 5.91 Å². The molecule has 2 N–H and O–H groups in total. The van der Waals surface area contributed by atoms with E-state index in [0.29, 0.717) is 13.0 Å². The lowest BCUT2D eigenvalue weighted by atomic mass is 10.2. The fourth-order valence-electron chi connectivity index (χ4n) is 2.69. The van der Waals surface area contributed by atoms with Gasteiger partial charge in [0.15, 0.2) is 0 Å². The molecule has 7 heteroatoms. The van der Waals surface area contributed by atoms with E-state index in [9.17, 15) is 14.4 Å². The predicted molar refractivity (Wildman–Crippen MR) is 90.6 cm³/mol. The Morgan fingerprint density at radius 3 is 2.52 bits per heavy atom. The third-order valence-electron chi connectivity index (χ3n) is 4.10. The van der Waals surface area contributed by atoms with Crippen molar-refractivity contribution in [3.8, 4) is 0 Å². The second-order valence-corrected chi connectivity index (χ2v) is 5.88. The van der Waals surface area contributed by atoms with Gasteiger partial charge >= 0.3 is 5.97 Å². The standard InChI is InChI=1S/C18H17N3O4/c1-11-2-5-13(6-3-11)21-9-8-14(17(21)23)20-16(22)12-4-7-15(18(24)25)19-10-12/h2-7,10,14H,8-9H2,1H3,(H,20,22)(H,24,25)/t14-/m1/s1. The van der Waals surface area contributed by atoms with Crippen molar-refractivity contribution in [2.75, 3.05) is 11.4 Å². The van der Waals surface area contributed by atoms with Gasteiger partial charge < -0.3 is 15.3 Å². The van der Waals surface area contributed by atoms with Crippen molar-refractivity contribution in [1.82, 2.24) is 10.3 Å². The molecule has 1 aliphatic heterocycles. The molecule has 1 aromatic heterocycles. The number of pyridine rings is 1. The molecule has 0 radical (unpaired) electrons. The quantitative estimate of drug-likeness (QED) is 0.882. The number of nitrogens with one attached hydrogen (secondary N) is 1. The molecule has 1 aromatic carbocycles. The molecule has 3 rings (SSSR count). The Morgan fingerprint density at radius 1 is 1.20 bits per heavy atom. The highest BCUT2D eigenvalue weighted by molar-refractivity contribution is 6.04. The Balaban J connectivity index is 1.67. The average molecular weight is 339 g/mol. The van der Waals surface area contributed by atoms with Gasteiger partial charge in [-0.3, -0.25) is 9.59 Å². The van der Waals surface area contributed by atoms with Gasteiger partial charge in [0.1, 0.15) is 11.7 Å². The van der Waals surface area contributed by atoms with Gasteiger partial charge in [-0.1, -0.05) is 17.7 Å². The Morgan fingerprint density at radius 2 is 1.92 bits per heavy atom. The van der Waals surface area contributed by atoms with Crippen LogP contribution in [0.5, 0.6) is 0 Å². The minimum absolute atomic E-state index is 0.140. The van der Waals surface area contributed by atoms with E-state index < -0.39 is 17.9 Å². The van der Waals surface area contributed by atoms with Gasteiger partial charge in [-0.15, -0.1) is 0 Å². The first kappa shape index (κ1) is 16.6. The zero-order chi connectivity index (χ0) is 18.0. The van der Waals surface area contributed by atoms with Crippen molar-refractivity contribution in [2.24, 2.45) is 0 Å². The molecule has 1 atom stereocenters. The number of rotatable bonds is 4. The summed E-state index contributed by atoms with van der Waals surface area (Å²) in [4.78, 5) is 40.9. The average Bonchev–Trinajstić information content (AvgIpc) is 2.96. The number of carboxylic acids is 1. The zero-order valence-corrected chi connectivity index (χ0v) is 13.6. The first-order valence-electron chi connectivity index (χ1n) is 7.84. The smallest absolute Gasteiger partial charge is 0.354 e. The zero-order valence-electron chi connectivity index (χ0n) is 13.6. The third-order valence-corrected chi connectivity index (χ3v) is 4.10. The summed E-state index contributed by atoms with van der Waals surface area (Å²) in [5.74, 6) is -1.77. The number of aromatic carboxylic acids is 1. The van der Waals surface area contributed by atoms with Crippen LogP contribution < -0.4 is 10.2 Å². The molecule has 0 bridgehead atoms. The molecule has 25 heavy (non-hydrogen) atoms. The van der Waals surface area contributed by atoms with Crippen LogP contribution in [0.2, 0.25) is 0 Å². The van der Waals surface area contributed by atoms with Crippen molar-refractivity contribution >= 4 is 23.5 Å². The molecule has 7 nitrogen and oxygen atoms in total. The van der Waals surface area contributed by atoms with E-state index in [4.69, 9.17) is 5.11 Å². The maximum atomic E-state index is 12.5. The van der Waals surface area contributed by atoms with Gasteiger partial charge in [0.05, 0.1) is 5.56 Å². The molecule has 2 aromatic rings. The number of carbonyl (C=O) groups excluding carboxylic acids is 2. The van der Waals surface area contributed by atoms with E-state index >= 15 is 0 Å². The Hall–Kier alpha value is -3.22. The lowest BCUT2D eigenvalue weighted by Gasteiger charge is -2.17. The van der Waals surface area contributed by atoms with Crippen LogP contribution >= 0.6 is 0 Å². The highest BCUT2D eigenvalue weighted by Crippen LogP contribution is 2.22. The van der Waals surface area contributed by atoms with Crippen LogP contribution in [-0.4, -0.2) is 40.5 Å². The summed E-state index contributed by atoms with van der Waals surface area (Å²) in [5, 5.41) is 11.5. The van der Waals surface area contributed by atoms with Crippen molar-refractivity contribution in [3.05, 3.63) is 59.4 Å². The molecule has 2 amide bonds.